The van der Waals surface area contributed by atoms with Crippen LogP contribution in [-0.2, 0) is 0 Å². The highest BCUT2D eigenvalue weighted by Gasteiger charge is 2.06. The summed E-state index contributed by atoms with van der Waals surface area (Å²) in [4.78, 5) is 13.1. The molecule has 0 fully saturated rings. The molecule has 0 bridgehead atoms. The van der Waals surface area contributed by atoms with Crippen molar-refractivity contribution in [2.24, 2.45) is 5.11 Å². The maximum absolute atomic E-state index is 10.6. The first kappa shape index (κ1) is 11.9. The van der Waals surface area contributed by atoms with Crippen LogP contribution < -0.4 is 0 Å². The third kappa shape index (κ3) is 2.92. The second-order valence-corrected chi connectivity index (χ2v) is 3.14. The fourth-order valence-electron chi connectivity index (χ4n) is 1.01. The number of carbonyl (C=O) groups is 1. The first-order chi connectivity index (χ1) is 7.69. The molecule has 0 aliphatic rings. The van der Waals surface area contributed by atoms with E-state index in [-0.39, 0.29) is 23.4 Å². The number of phenols is 1. The number of azide groups is 1. The summed E-state index contributed by atoms with van der Waals surface area (Å²) in [7, 11) is 0. The Bertz CT molecular complexity index is 525. The molecule has 0 unspecified atom stereocenters. The van der Waals surface area contributed by atoms with Gasteiger partial charge in [0.05, 0.1) is 17.7 Å². The van der Waals surface area contributed by atoms with Gasteiger partial charge in [0.1, 0.15) is 5.75 Å². The molecule has 0 saturated heterocycles. The lowest BCUT2D eigenvalue weighted by Gasteiger charge is -2.00. The minimum absolute atomic E-state index is 0.0150. The molecule has 0 saturated carbocycles. The molecule has 0 amide bonds. The number of carbonyl (C=O) groups excluding carboxylic acids is 1. The first-order valence-corrected chi connectivity index (χ1v) is 4.54. The quantitative estimate of drug-likeness (QED) is 0.281. The number of aromatic hydroxyl groups is 1. The van der Waals surface area contributed by atoms with E-state index in [1.165, 1.54) is 12.1 Å². The van der Waals surface area contributed by atoms with Crippen molar-refractivity contribution in [3.8, 4) is 17.6 Å². The predicted octanol–water partition coefficient (Wildman–Crippen LogP) is 2.52. The molecule has 80 valence electrons. The standard InChI is InChI=1S/C10H6ClN3O2/c11-9-4-7(2-1-3-13-14-12)10(16)8(5-9)6-15/h4-6,16H,3H2. The van der Waals surface area contributed by atoms with Crippen LogP contribution >= 0.6 is 11.6 Å². The largest absolute Gasteiger partial charge is 0.506 e. The third-order valence-corrected chi connectivity index (χ3v) is 1.89. The number of rotatable bonds is 2. The second kappa shape index (κ2) is 5.66. The van der Waals surface area contributed by atoms with Gasteiger partial charge < -0.3 is 5.11 Å². The van der Waals surface area contributed by atoms with E-state index in [2.05, 4.69) is 21.9 Å². The normalized spacial score (nSPS) is 8.56. The molecular weight excluding hydrogens is 230 g/mol. The summed E-state index contributed by atoms with van der Waals surface area (Å²) < 4.78 is 0. The Hall–Kier alpha value is -2.15. The van der Waals surface area contributed by atoms with Crippen LogP contribution in [0.2, 0.25) is 5.02 Å². The van der Waals surface area contributed by atoms with Gasteiger partial charge >= 0.3 is 0 Å². The van der Waals surface area contributed by atoms with Gasteiger partial charge in [0.25, 0.3) is 0 Å². The van der Waals surface area contributed by atoms with Gasteiger partial charge in [-0.25, -0.2) is 0 Å². The minimum Gasteiger partial charge on any atom is -0.506 e. The zero-order valence-electron chi connectivity index (χ0n) is 8.01. The van der Waals surface area contributed by atoms with Crippen molar-refractivity contribution < 1.29 is 9.90 Å². The Morgan fingerprint density at radius 2 is 2.38 bits per heavy atom. The van der Waals surface area contributed by atoms with Crippen molar-refractivity contribution in [3.63, 3.8) is 0 Å². The van der Waals surface area contributed by atoms with Crippen LogP contribution in [0.15, 0.2) is 17.2 Å². The van der Waals surface area contributed by atoms with Gasteiger partial charge in [-0.05, 0) is 17.7 Å². The third-order valence-electron chi connectivity index (χ3n) is 1.67. The van der Waals surface area contributed by atoms with E-state index in [1.54, 1.807) is 0 Å². The summed E-state index contributed by atoms with van der Waals surface area (Å²) in [6, 6.07) is 2.76. The van der Waals surface area contributed by atoms with Gasteiger partial charge in [0, 0.05) is 9.93 Å². The van der Waals surface area contributed by atoms with E-state index < -0.39 is 0 Å². The van der Waals surface area contributed by atoms with Crippen molar-refractivity contribution in [1.82, 2.24) is 0 Å². The number of phenolic OH excluding ortho intramolecular Hbond substituents is 1. The topological polar surface area (TPSA) is 86.1 Å². The minimum atomic E-state index is -0.229. The Kier molecular flexibility index (Phi) is 4.22. The maximum Gasteiger partial charge on any atom is 0.153 e. The van der Waals surface area contributed by atoms with Crippen molar-refractivity contribution in [1.29, 1.82) is 0 Å². The predicted molar refractivity (Wildman–Crippen MR) is 59.4 cm³/mol. The van der Waals surface area contributed by atoms with Crippen molar-refractivity contribution in [2.75, 3.05) is 6.54 Å². The second-order valence-electron chi connectivity index (χ2n) is 2.70. The molecule has 0 aliphatic carbocycles. The molecule has 0 spiro atoms. The Morgan fingerprint density at radius 3 is 3.00 bits per heavy atom. The van der Waals surface area contributed by atoms with Gasteiger partial charge in [-0.2, -0.15) is 0 Å². The fourth-order valence-corrected chi connectivity index (χ4v) is 1.23. The molecule has 16 heavy (non-hydrogen) atoms. The first-order valence-electron chi connectivity index (χ1n) is 4.16. The van der Waals surface area contributed by atoms with E-state index >= 15 is 0 Å². The van der Waals surface area contributed by atoms with E-state index in [0.717, 1.165) is 0 Å². The summed E-state index contributed by atoms with van der Waals surface area (Å²) >= 11 is 5.72. The molecule has 1 rings (SSSR count). The molecule has 0 aromatic heterocycles. The number of benzene rings is 1. The van der Waals surface area contributed by atoms with Crippen LogP contribution in [0, 0.1) is 11.8 Å². The van der Waals surface area contributed by atoms with Gasteiger partial charge in [0.2, 0.25) is 0 Å². The van der Waals surface area contributed by atoms with Crippen molar-refractivity contribution in [2.45, 2.75) is 0 Å². The van der Waals surface area contributed by atoms with Gasteiger partial charge in [0.15, 0.2) is 6.29 Å². The fraction of sp³-hybridized carbons (Fsp3) is 0.100. The van der Waals surface area contributed by atoms with Crippen LogP contribution in [-0.4, -0.2) is 17.9 Å². The van der Waals surface area contributed by atoms with Gasteiger partial charge in [-0.15, -0.1) is 0 Å². The van der Waals surface area contributed by atoms with E-state index in [1.807, 2.05) is 0 Å². The Morgan fingerprint density at radius 1 is 1.62 bits per heavy atom. The Labute approximate surface area is 96.3 Å². The molecule has 1 aromatic carbocycles. The molecular formula is C10H6ClN3O2. The number of hydrogen-bond donors (Lipinski definition) is 1. The molecule has 0 heterocycles. The van der Waals surface area contributed by atoms with E-state index in [4.69, 9.17) is 17.1 Å². The number of nitrogens with zero attached hydrogens (tertiary/aromatic N) is 3. The van der Waals surface area contributed by atoms with Crippen molar-refractivity contribution >= 4 is 17.9 Å². The highest BCUT2D eigenvalue weighted by atomic mass is 35.5. The summed E-state index contributed by atoms with van der Waals surface area (Å²) in [5.41, 5.74) is 8.31. The van der Waals surface area contributed by atoms with E-state index in [0.29, 0.717) is 11.3 Å². The highest BCUT2D eigenvalue weighted by molar-refractivity contribution is 6.31. The summed E-state index contributed by atoms with van der Waals surface area (Å²) in [6.45, 7) is -0.0150. The maximum atomic E-state index is 10.6. The summed E-state index contributed by atoms with van der Waals surface area (Å²) in [6.07, 6.45) is 0.486. The Balaban J connectivity index is 3.11. The molecule has 0 atom stereocenters. The van der Waals surface area contributed by atoms with Crippen LogP contribution in [0.1, 0.15) is 15.9 Å². The average molecular weight is 236 g/mol. The van der Waals surface area contributed by atoms with E-state index in [9.17, 15) is 9.90 Å². The zero-order chi connectivity index (χ0) is 12.0. The SMILES string of the molecule is [N-]=[N+]=NCC#Cc1cc(Cl)cc(C=O)c1O. The van der Waals surface area contributed by atoms with Crippen LogP contribution in [0.3, 0.4) is 0 Å². The van der Waals surface area contributed by atoms with Crippen LogP contribution in [0.25, 0.3) is 10.4 Å². The molecule has 0 aliphatic heterocycles. The molecule has 0 radical (unpaired) electrons. The lowest BCUT2D eigenvalue weighted by atomic mass is 10.1. The summed E-state index contributed by atoms with van der Waals surface area (Å²) in [5.74, 6) is 4.84. The lowest BCUT2D eigenvalue weighted by molar-refractivity contribution is 0.112. The molecule has 5 nitrogen and oxygen atoms in total. The number of halogens is 1. The zero-order valence-corrected chi connectivity index (χ0v) is 8.77. The summed E-state index contributed by atoms with van der Waals surface area (Å²) in [5, 5.41) is 13.1. The lowest BCUT2D eigenvalue weighted by Crippen LogP contribution is -1.86. The average Bonchev–Trinajstić information content (AvgIpc) is 2.28. The smallest absolute Gasteiger partial charge is 0.153 e. The number of aldehydes is 1. The van der Waals surface area contributed by atoms with Crippen molar-refractivity contribution in [3.05, 3.63) is 38.7 Å². The van der Waals surface area contributed by atoms with Gasteiger partial charge in [-0.1, -0.05) is 28.6 Å². The van der Waals surface area contributed by atoms with Crippen LogP contribution in [0.5, 0.6) is 5.75 Å². The monoisotopic (exact) mass is 235 g/mol. The molecule has 6 heteroatoms. The van der Waals surface area contributed by atoms with Crippen LogP contribution in [0.4, 0.5) is 0 Å². The highest BCUT2D eigenvalue weighted by Crippen LogP contribution is 2.25. The molecule has 1 N–H and O–H groups in total. The molecule has 1 aromatic rings. The van der Waals surface area contributed by atoms with Gasteiger partial charge in [-0.3, -0.25) is 4.79 Å². The number of hydrogen-bond acceptors (Lipinski definition) is 3.